The lowest BCUT2D eigenvalue weighted by Crippen LogP contribution is -2.09. The molecule has 0 aliphatic rings. The molecule has 0 atom stereocenters. The predicted molar refractivity (Wildman–Crippen MR) is 255 cm³/mol. The molecule has 10 aromatic carbocycles. The fourth-order valence-electron chi connectivity index (χ4n) is 8.64. The molecular formula is C58H43NS. The monoisotopic (exact) mass is 785 g/mol. The van der Waals surface area contributed by atoms with Gasteiger partial charge in [0, 0.05) is 36.6 Å². The van der Waals surface area contributed by atoms with Gasteiger partial charge in [0.1, 0.15) is 0 Å². The van der Waals surface area contributed by atoms with Crippen molar-refractivity contribution in [3.8, 4) is 33.4 Å². The SMILES string of the molecule is c1ccc(-c2cccc3cccc(-c4cccc(N(c5ccccc5)c5ccc(-c6cccc(S(c7ccccc7)(c7ccccc7)c7ccccc7)c6)cc5)c4)c23)cc1. The van der Waals surface area contributed by atoms with Crippen molar-refractivity contribution in [2.45, 2.75) is 19.6 Å². The minimum absolute atomic E-state index is 1.10. The normalized spacial score (nSPS) is 11.6. The van der Waals surface area contributed by atoms with E-state index in [1.54, 1.807) is 0 Å². The third-order valence-electron chi connectivity index (χ3n) is 11.4. The van der Waals surface area contributed by atoms with Crippen LogP contribution in [-0.2, 0) is 0 Å². The van der Waals surface area contributed by atoms with Crippen molar-refractivity contribution in [1.82, 2.24) is 0 Å². The Morgan fingerprint density at radius 3 is 1.25 bits per heavy atom. The van der Waals surface area contributed by atoms with E-state index in [1.807, 2.05) is 0 Å². The maximum Gasteiger partial charge on any atom is 0.0467 e. The Labute approximate surface area is 354 Å². The molecule has 0 amide bonds. The van der Waals surface area contributed by atoms with Crippen molar-refractivity contribution in [3.05, 3.63) is 261 Å². The van der Waals surface area contributed by atoms with Gasteiger partial charge in [0.15, 0.2) is 0 Å². The standard InChI is InChI=1S/C58H43NS/c1-6-20-45(21-7-1)56-36-18-22-46-23-19-37-57(58(46)56)48-25-16-28-51(42-48)59(49-26-8-2-9-27-49)50-40-38-44(39-41-50)47-24-17-35-55(43-47)60(52-29-10-3-11-30-52,53-31-12-4-13-32-53)54-33-14-5-15-34-54/h1-43H. The Kier molecular flexibility index (Phi) is 10.1. The van der Waals surface area contributed by atoms with E-state index < -0.39 is 10.0 Å². The second-order valence-corrected chi connectivity index (χ2v) is 18.0. The molecule has 0 aromatic heterocycles. The molecule has 0 saturated heterocycles. The zero-order valence-electron chi connectivity index (χ0n) is 33.2. The Morgan fingerprint density at radius 2 is 0.667 bits per heavy atom. The van der Waals surface area contributed by atoms with Crippen molar-refractivity contribution >= 4 is 37.9 Å². The lowest BCUT2D eigenvalue weighted by molar-refractivity contribution is 1.24. The first-order chi connectivity index (χ1) is 29.8. The maximum absolute atomic E-state index is 2.42. The third-order valence-corrected chi connectivity index (χ3v) is 15.3. The summed E-state index contributed by atoms with van der Waals surface area (Å²) >= 11 is 0. The zero-order chi connectivity index (χ0) is 40.1. The first-order valence-corrected chi connectivity index (χ1v) is 22.1. The summed E-state index contributed by atoms with van der Waals surface area (Å²) in [5.41, 5.74) is 10.5. The van der Waals surface area contributed by atoms with Crippen molar-refractivity contribution < 1.29 is 0 Å². The quantitative estimate of drug-likeness (QED) is 0.133. The van der Waals surface area contributed by atoms with E-state index in [-0.39, 0.29) is 0 Å². The number of hydrogen-bond donors (Lipinski definition) is 0. The lowest BCUT2D eigenvalue weighted by Gasteiger charge is -2.42. The summed E-state index contributed by atoms with van der Waals surface area (Å²) in [5, 5.41) is 2.49. The van der Waals surface area contributed by atoms with E-state index in [4.69, 9.17) is 0 Å². The molecule has 0 fully saturated rings. The van der Waals surface area contributed by atoms with Gasteiger partial charge in [0.25, 0.3) is 0 Å². The molecular weight excluding hydrogens is 743 g/mol. The van der Waals surface area contributed by atoms with Crippen LogP contribution >= 0.6 is 10.0 Å². The van der Waals surface area contributed by atoms with Crippen LogP contribution in [0.15, 0.2) is 280 Å². The number of para-hydroxylation sites is 1. The van der Waals surface area contributed by atoms with Gasteiger partial charge in [0.05, 0.1) is 0 Å². The van der Waals surface area contributed by atoms with Crippen molar-refractivity contribution in [2.75, 3.05) is 4.90 Å². The van der Waals surface area contributed by atoms with Crippen LogP contribution in [0.3, 0.4) is 0 Å². The van der Waals surface area contributed by atoms with Gasteiger partial charge < -0.3 is 4.90 Å². The smallest absolute Gasteiger partial charge is 0.0467 e. The van der Waals surface area contributed by atoms with Gasteiger partial charge in [-0.2, -0.15) is 0 Å². The van der Waals surface area contributed by atoms with Crippen molar-refractivity contribution in [1.29, 1.82) is 0 Å². The molecule has 1 nitrogen and oxygen atoms in total. The van der Waals surface area contributed by atoms with Gasteiger partial charge in [-0.05, 0) is 129 Å². The fraction of sp³-hybridized carbons (Fsp3) is 0. The number of anilines is 3. The van der Waals surface area contributed by atoms with E-state index in [1.165, 1.54) is 63.7 Å². The van der Waals surface area contributed by atoms with Crippen LogP contribution in [0.25, 0.3) is 44.2 Å². The highest BCUT2D eigenvalue weighted by molar-refractivity contribution is 8.34. The molecule has 0 heterocycles. The first kappa shape index (κ1) is 36.9. The molecule has 10 rings (SSSR count). The number of nitrogens with zero attached hydrogens (tertiary/aromatic N) is 1. The van der Waals surface area contributed by atoms with Crippen LogP contribution in [0.5, 0.6) is 0 Å². The zero-order valence-corrected chi connectivity index (χ0v) is 34.0. The molecule has 0 N–H and O–H groups in total. The number of benzene rings is 10. The largest absolute Gasteiger partial charge is 0.310 e. The van der Waals surface area contributed by atoms with Crippen LogP contribution in [0, 0.1) is 0 Å². The fourth-order valence-corrected chi connectivity index (χ4v) is 12.6. The van der Waals surface area contributed by atoms with Gasteiger partial charge >= 0.3 is 0 Å². The van der Waals surface area contributed by atoms with Gasteiger partial charge in [-0.25, -0.2) is 0 Å². The van der Waals surface area contributed by atoms with Crippen molar-refractivity contribution in [3.63, 3.8) is 0 Å². The predicted octanol–water partition coefficient (Wildman–Crippen LogP) is 16.7. The molecule has 0 bridgehead atoms. The summed E-state index contributed by atoms with van der Waals surface area (Å²) < 4.78 is 0. The molecule has 0 aliphatic carbocycles. The average Bonchev–Trinajstić information content (AvgIpc) is 3.34. The molecule has 60 heavy (non-hydrogen) atoms. The molecule has 0 spiro atoms. The van der Waals surface area contributed by atoms with E-state index in [0.717, 1.165) is 17.1 Å². The first-order valence-electron chi connectivity index (χ1n) is 20.5. The topological polar surface area (TPSA) is 3.24 Å². The Balaban J connectivity index is 1.07. The maximum atomic E-state index is 2.42. The molecule has 286 valence electrons. The molecule has 0 saturated carbocycles. The minimum atomic E-state index is -1.80. The summed E-state index contributed by atoms with van der Waals surface area (Å²) in [7, 11) is -1.80. The van der Waals surface area contributed by atoms with E-state index >= 15 is 0 Å². The van der Waals surface area contributed by atoms with E-state index in [2.05, 4.69) is 266 Å². The highest BCUT2D eigenvalue weighted by Gasteiger charge is 2.33. The molecule has 0 unspecified atom stereocenters. The van der Waals surface area contributed by atoms with E-state index in [9.17, 15) is 0 Å². The van der Waals surface area contributed by atoms with Gasteiger partial charge in [-0.3, -0.25) is 0 Å². The van der Waals surface area contributed by atoms with Crippen LogP contribution in [0.4, 0.5) is 17.1 Å². The molecule has 0 radical (unpaired) electrons. The Morgan fingerprint density at radius 1 is 0.250 bits per heavy atom. The molecule has 2 heteroatoms. The Bertz CT molecular complexity index is 2900. The van der Waals surface area contributed by atoms with Gasteiger partial charge in [-0.1, -0.05) is 176 Å². The van der Waals surface area contributed by atoms with Crippen molar-refractivity contribution in [2.24, 2.45) is 0 Å². The van der Waals surface area contributed by atoms with Gasteiger partial charge in [-0.15, -0.1) is 10.0 Å². The third kappa shape index (κ3) is 6.87. The highest BCUT2D eigenvalue weighted by Crippen LogP contribution is 2.73. The average molecular weight is 786 g/mol. The minimum Gasteiger partial charge on any atom is -0.310 e. The van der Waals surface area contributed by atoms with Crippen LogP contribution in [-0.4, -0.2) is 0 Å². The number of fused-ring (bicyclic) bond motifs is 1. The van der Waals surface area contributed by atoms with Crippen LogP contribution in [0.1, 0.15) is 0 Å². The second-order valence-electron chi connectivity index (χ2n) is 14.9. The lowest BCUT2D eigenvalue weighted by atomic mass is 9.91. The summed E-state index contributed by atoms with van der Waals surface area (Å²) in [4.78, 5) is 7.61. The number of rotatable bonds is 10. The summed E-state index contributed by atoms with van der Waals surface area (Å²) in [6.45, 7) is 0. The highest BCUT2D eigenvalue weighted by atomic mass is 32.3. The number of hydrogen-bond acceptors (Lipinski definition) is 1. The van der Waals surface area contributed by atoms with Gasteiger partial charge in [0.2, 0.25) is 0 Å². The molecule has 0 aliphatic heterocycles. The van der Waals surface area contributed by atoms with E-state index in [0.29, 0.717) is 0 Å². The Hall–Kier alpha value is -7.39. The summed E-state index contributed by atoms with van der Waals surface area (Å²) in [6, 6.07) is 95.1. The molecule has 10 aromatic rings. The van der Waals surface area contributed by atoms with Crippen LogP contribution < -0.4 is 4.90 Å². The summed E-state index contributed by atoms with van der Waals surface area (Å²) in [5.74, 6) is 0. The van der Waals surface area contributed by atoms with Crippen LogP contribution in [0.2, 0.25) is 0 Å². The second kappa shape index (κ2) is 16.5. The summed E-state index contributed by atoms with van der Waals surface area (Å²) in [6.07, 6.45) is 0.